The first-order chi connectivity index (χ1) is 7.11. The summed E-state index contributed by atoms with van der Waals surface area (Å²) in [5.41, 5.74) is 0. The second-order valence-electron chi connectivity index (χ2n) is 4.44. The predicted octanol–water partition coefficient (Wildman–Crippen LogP) is 1.20. The van der Waals surface area contributed by atoms with Crippen molar-refractivity contribution in [2.24, 2.45) is 5.92 Å². The number of hydrogen-bond donors (Lipinski definition) is 1. The molecule has 4 heteroatoms. The number of thioether (sulfide) groups is 1. The van der Waals surface area contributed by atoms with Gasteiger partial charge in [-0.05, 0) is 18.6 Å². The summed E-state index contributed by atoms with van der Waals surface area (Å²) in [7, 11) is 0. The third-order valence-electron chi connectivity index (χ3n) is 2.46. The van der Waals surface area contributed by atoms with Gasteiger partial charge in [0.2, 0.25) is 5.91 Å². The molecule has 3 nitrogen and oxygen atoms in total. The Bertz CT molecular complexity index is 203. The van der Waals surface area contributed by atoms with Crippen LogP contribution in [0.25, 0.3) is 0 Å². The SMILES string of the molecule is CC(C)CSC(C)C(=O)N1CCNCC1. The summed E-state index contributed by atoms with van der Waals surface area (Å²) in [6.45, 7) is 10.0. The Morgan fingerprint density at radius 2 is 1.93 bits per heavy atom. The Morgan fingerprint density at radius 1 is 1.33 bits per heavy atom. The van der Waals surface area contributed by atoms with Gasteiger partial charge in [-0.1, -0.05) is 13.8 Å². The molecule has 1 rings (SSSR count). The van der Waals surface area contributed by atoms with Gasteiger partial charge in [0.1, 0.15) is 0 Å². The van der Waals surface area contributed by atoms with Crippen LogP contribution in [0.3, 0.4) is 0 Å². The lowest BCUT2D eigenvalue weighted by molar-refractivity contribution is -0.130. The first-order valence-corrected chi connectivity index (χ1v) is 6.77. The third-order valence-corrected chi connectivity index (χ3v) is 4.02. The van der Waals surface area contributed by atoms with Crippen LogP contribution in [-0.4, -0.2) is 48.0 Å². The number of carbonyl (C=O) groups excluding carboxylic acids is 1. The van der Waals surface area contributed by atoms with E-state index in [1.54, 1.807) is 11.8 Å². The highest BCUT2D eigenvalue weighted by Crippen LogP contribution is 2.16. The maximum absolute atomic E-state index is 12.0. The molecule has 0 bridgehead atoms. The molecule has 1 atom stereocenters. The zero-order valence-electron chi connectivity index (χ0n) is 9.95. The third kappa shape index (κ3) is 4.43. The molecular weight excluding hydrogens is 208 g/mol. The molecule has 1 N–H and O–H groups in total. The van der Waals surface area contributed by atoms with Crippen LogP contribution in [0.5, 0.6) is 0 Å². The molecule has 1 heterocycles. The van der Waals surface area contributed by atoms with Crippen molar-refractivity contribution in [1.82, 2.24) is 10.2 Å². The van der Waals surface area contributed by atoms with Crippen LogP contribution in [0.4, 0.5) is 0 Å². The maximum Gasteiger partial charge on any atom is 0.235 e. The molecule has 1 amide bonds. The Hall–Kier alpha value is -0.220. The van der Waals surface area contributed by atoms with E-state index in [1.807, 2.05) is 11.8 Å². The predicted molar refractivity (Wildman–Crippen MR) is 66.2 cm³/mol. The van der Waals surface area contributed by atoms with E-state index < -0.39 is 0 Å². The highest BCUT2D eigenvalue weighted by Gasteiger charge is 2.22. The lowest BCUT2D eigenvalue weighted by atomic mass is 10.3. The Balaban J connectivity index is 2.30. The van der Waals surface area contributed by atoms with Gasteiger partial charge < -0.3 is 10.2 Å². The summed E-state index contributed by atoms with van der Waals surface area (Å²) in [4.78, 5) is 14.0. The first-order valence-electron chi connectivity index (χ1n) is 5.72. The van der Waals surface area contributed by atoms with E-state index in [1.165, 1.54) is 0 Å². The summed E-state index contributed by atoms with van der Waals surface area (Å²) in [6.07, 6.45) is 0. The first kappa shape index (κ1) is 12.8. The van der Waals surface area contributed by atoms with Crippen LogP contribution in [0.2, 0.25) is 0 Å². The van der Waals surface area contributed by atoms with Crippen LogP contribution in [0.15, 0.2) is 0 Å². The molecule has 15 heavy (non-hydrogen) atoms. The van der Waals surface area contributed by atoms with E-state index in [9.17, 15) is 4.79 Å². The molecule has 0 aliphatic carbocycles. The average molecular weight is 230 g/mol. The zero-order valence-corrected chi connectivity index (χ0v) is 10.8. The van der Waals surface area contributed by atoms with Crippen molar-refractivity contribution in [2.45, 2.75) is 26.0 Å². The molecule has 1 aliphatic heterocycles. The van der Waals surface area contributed by atoms with Crippen LogP contribution in [-0.2, 0) is 4.79 Å². The van der Waals surface area contributed by atoms with Crippen LogP contribution >= 0.6 is 11.8 Å². The van der Waals surface area contributed by atoms with Gasteiger partial charge in [0.15, 0.2) is 0 Å². The van der Waals surface area contributed by atoms with Gasteiger partial charge in [0.05, 0.1) is 5.25 Å². The number of hydrogen-bond acceptors (Lipinski definition) is 3. The molecule has 0 spiro atoms. The molecule has 0 radical (unpaired) electrons. The maximum atomic E-state index is 12.0. The zero-order chi connectivity index (χ0) is 11.3. The summed E-state index contributed by atoms with van der Waals surface area (Å²) in [5, 5.41) is 3.37. The lowest BCUT2D eigenvalue weighted by Gasteiger charge is -2.29. The van der Waals surface area contributed by atoms with Crippen LogP contribution < -0.4 is 5.32 Å². The molecule has 0 aromatic heterocycles. The number of nitrogens with zero attached hydrogens (tertiary/aromatic N) is 1. The highest BCUT2D eigenvalue weighted by atomic mass is 32.2. The molecule has 1 fully saturated rings. The number of rotatable bonds is 4. The standard InChI is InChI=1S/C11H22N2OS/c1-9(2)8-15-10(3)11(14)13-6-4-12-5-7-13/h9-10,12H,4-8H2,1-3H3. The van der Waals surface area contributed by atoms with Gasteiger partial charge in [-0.3, -0.25) is 4.79 Å². The van der Waals surface area contributed by atoms with Gasteiger partial charge in [-0.25, -0.2) is 0 Å². The summed E-state index contributed by atoms with van der Waals surface area (Å²) >= 11 is 1.77. The quantitative estimate of drug-likeness (QED) is 0.787. The van der Waals surface area contributed by atoms with Crippen molar-refractivity contribution in [3.63, 3.8) is 0 Å². The average Bonchev–Trinajstić information content (AvgIpc) is 2.26. The van der Waals surface area contributed by atoms with Gasteiger partial charge in [-0.2, -0.15) is 0 Å². The highest BCUT2D eigenvalue weighted by molar-refractivity contribution is 8.00. The molecule has 0 aromatic carbocycles. The van der Waals surface area contributed by atoms with Gasteiger partial charge in [0, 0.05) is 26.2 Å². The minimum atomic E-state index is 0.116. The summed E-state index contributed by atoms with van der Waals surface area (Å²) in [5.74, 6) is 2.04. The van der Waals surface area contributed by atoms with Crippen molar-refractivity contribution >= 4 is 17.7 Å². The second-order valence-corrected chi connectivity index (χ2v) is 5.82. The van der Waals surface area contributed by atoms with Crippen molar-refractivity contribution in [3.05, 3.63) is 0 Å². The van der Waals surface area contributed by atoms with E-state index >= 15 is 0 Å². The normalized spacial score (nSPS) is 19.3. The number of carbonyl (C=O) groups is 1. The molecule has 1 aliphatic rings. The van der Waals surface area contributed by atoms with E-state index in [0.29, 0.717) is 11.8 Å². The van der Waals surface area contributed by atoms with Crippen LogP contribution in [0, 0.1) is 5.92 Å². The van der Waals surface area contributed by atoms with E-state index in [0.717, 1.165) is 31.9 Å². The van der Waals surface area contributed by atoms with Crippen LogP contribution in [0.1, 0.15) is 20.8 Å². The second kappa shape index (κ2) is 6.38. The molecule has 0 aromatic rings. The largest absolute Gasteiger partial charge is 0.339 e. The fourth-order valence-corrected chi connectivity index (χ4v) is 2.52. The van der Waals surface area contributed by atoms with Gasteiger partial charge in [-0.15, -0.1) is 11.8 Å². The number of piperazine rings is 1. The number of nitrogens with one attached hydrogen (secondary N) is 1. The lowest BCUT2D eigenvalue weighted by Crippen LogP contribution is -2.48. The van der Waals surface area contributed by atoms with E-state index in [2.05, 4.69) is 19.2 Å². The molecule has 1 saturated heterocycles. The minimum Gasteiger partial charge on any atom is -0.339 e. The monoisotopic (exact) mass is 230 g/mol. The molecule has 88 valence electrons. The molecular formula is C11H22N2OS. The topological polar surface area (TPSA) is 32.3 Å². The Labute approximate surface area is 97.0 Å². The minimum absolute atomic E-state index is 0.116. The van der Waals surface area contributed by atoms with Gasteiger partial charge in [0.25, 0.3) is 0 Å². The van der Waals surface area contributed by atoms with Crippen molar-refractivity contribution in [1.29, 1.82) is 0 Å². The smallest absolute Gasteiger partial charge is 0.235 e. The summed E-state index contributed by atoms with van der Waals surface area (Å²) < 4.78 is 0. The van der Waals surface area contributed by atoms with Crippen molar-refractivity contribution in [2.75, 3.05) is 31.9 Å². The molecule has 1 unspecified atom stereocenters. The van der Waals surface area contributed by atoms with Crippen molar-refractivity contribution in [3.8, 4) is 0 Å². The number of amides is 1. The molecule has 0 saturated carbocycles. The van der Waals surface area contributed by atoms with Gasteiger partial charge >= 0.3 is 0 Å². The fraction of sp³-hybridized carbons (Fsp3) is 0.909. The van der Waals surface area contributed by atoms with Crippen molar-refractivity contribution < 1.29 is 4.79 Å². The fourth-order valence-electron chi connectivity index (χ4n) is 1.55. The Morgan fingerprint density at radius 3 is 2.47 bits per heavy atom. The van der Waals surface area contributed by atoms with E-state index in [-0.39, 0.29) is 5.25 Å². The van der Waals surface area contributed by atoms with E-state index in [4.69, 9.17) is 0 Å². The summed E-state index contributed by atoms with van der Waals surface area (Å²) in [6, 6.07) is 0. The Kier molecular flexibility index (Phi) is 5.47.